The first-order chi connectivity index (χ1) is 8.37. The highest BCUT2D eigenvalue weighted by Crippen LogP contribution is 2.45. The highest BCUT2D eigenvalue weighted by Gasteiger charge is 2.48. The van der Waals surface area contributed by atoms with Gasteiger partial charge in [0, 0.05) is 12.7 Å². The Kier molecular flexibility index (Phi) is 3.40. The summed E-state index contributed by atoms with van der Waals surface area (Å²) in [7, 11) is 0. The minimum Gasteiger partial charge on any atom is -0.384 e. The standard InChI is InChI=1S/C12H17F3N2O/c1-2-17-10(5-7-16-17)11(18)6-3-4-9(8-11)12(13,14)15/h5,7,9,18H,2-4,6,8H2,1H3. The quantitative estimate of drug-likeness (QED) is 0.890. The molecule has 0 spiro atoms. The molecule has 1 aromatic rings. The second-order valence-electron chi connectivity index (χ2n) is 4.90. The molecule has 18 heavy (non-hydrogen) atoms. The Morgan fingerprint density at radius 1 is 1.56 bits per heavy atom. The number of rotatable bonds is 2. The Morgan fingerprint density at radius 2 is 2.28 bits per heavy atom. The van der Waals surface area contributed by atoms with Crippen LogP contribution in [0.3, 0.4) is 0 Å². The van der Waals surface area contributed by atoms with Crippen molar-refractivity contribution >= 4 is 0 Å². The summed E-state index contributed by atoms with van der Waals surface area (Å²) in [5.74, 6) is -1.42. The molecule has 2 rings (SSSR count). The van der Waals surface area contributed by atoms with E-state index in [1.807, 2.05) is 6.92 Å². The number of aliphatic hydroxyl groups is 1. The maximum absolute atomic E-state index is 12.8. The number of hydrogen-bond acceptors (Lipinski definition) is 2. The highest BCUT2D eigenvalue weighted by molar-refractivity contribution is 5.13. The molecule has 1 aromatic heterocycles. The zero-order valence-corrected chi connectivity index (χ0v) is 10.2. The smallest absolute Gasteiger partial charge is 0.384 e. The Morgan fingerprint density at radius 3 is 2.89 bits per heavy atom. The summed E-state index contributed by atoms with van der Waals surface area (Å²) in [6, 6.07) is 1.61. The molecule has 1 fully saturated rings. The van der Waals surface area contributed by atoms with Crippen LogP contribution in [0.4, 0.5) is 13.2 Å². The molecule has 6 heteroatoms. The number of nitrogens with zero attached hydrogens (tertiary/aromatic N) is 2. The van der Waals surface area contributed by atoms with E-state index in [1.54, 1.807) is 10.7 Å². The average Bonchev–Trinajstić information content (AvgIpc) is 2.76. The van der Waals surface area contributed by atoms with Crippen LogP contribution in [-0.2, 0) is 12.1 Å². The number of aromatic nitrogens is 2. The van der Waals surface area contributed by atoms with Gasteiger partial charge in [0.25, 0.3) is 0 Å². The first-order valence-corrected chi connectivity index (χ1v) is 6.18. The molecule has 0 saturated heterocycles. The third-order valence-electron chi connectivity index (χ3n) is 3.68. The number of hydrogen-bond donors (Lipinski definition) is 1. The van der Waals surface area contributed by atoms with Crippen molar-refractivity contribution in [1.82, 2.24) is 9.78 Å². The molecule has 0 radical (unpaired) electrons. The second kappa shape index (κ2) is 4.57. The van der Waals surface area contributed by atoms with E-state index in [1.165, 1.54) is 6.20 Å². The molecule has 2 atom stereocenters. The molecule has 102 valence electrons. The predicted molar refractivity (Wildman–Crippen MR) is 59.8 cm³/mol. The first-order valence-electron chi connectivity index (χ1n) is 6.18. The van der Waals surface area contributed by atoms with Gasteiger partial charge < -0.3 is 5.11 Å². The van der Waals surface area contributed by atoms with Gasteiger partial charge in [-0.25, -0.2) is 0 Å². The normalized spacial score (nSPS) is 29.5. The van der Waals surface area contributed by atoms with Crippen LogP contribution < -0.4 is 0 Å². The SMILES string of the molecule is CCn1nccc1C1(O)CCCC(C(F)(F)F)C1. The van der Waals surface area contributed by atoms with Crippen LogP contribution in [0.2, 0.25) is 0 Å². The van der Waals surface area contributed by atoms with Crippen molar-refractivity contribution in [2.24, 2.45) is 5.92 Å². The van der Waals surface area contributed by atoms with Gasteiger partial charge in [0.05, 0.1) is 11.6 Å². The van der Waals surface area contributed by atoms with Gasteiger partial charge in [-0.15, -0.1) is 0 Å². The fourth-order valence-electron chi connectivity index (χ4n) is 2.74. The molecule has 0 aliphatic heterocycles. The maximum Gasteiger partial charge on any atom is 0.391 e. The number of alkyl halides is 3. The lowest BCUT2D eigenvalue weighted by molar-refractivity contribution is -0.202. The fourth-order valence-corrected chi connectivity index (χ4v) is 2.74. The maximum atomic E-state index is 12.8. The highest BCUT2D eigenvalue weighted by atomic mass is 19.4. The van der Waals surface area contributed by atoms with Gasteiger partial charge in [0.1, 0.15) is 5.60 Å². The van der Waals surface area contributed by atoms with Gasteiger partial charge in [0.15, 0.2) is 0 Å². The van der Waals surface area contributed by atoms with E-state index in [9.17, 15) is 18.3 Å². The van der Waals surface area contributed by atoms with Crippen molar-refractivity contribution in [3.05, 3.63) is 18.0 Å². The zero-order chi connectivity index (χ0) is 13.4. The summed E-state index contributed by atoms with van der Waals surface area (Å²) < 4.78 is 39.9. The van der Waals surface area contributed by atoms with Gasteiger partial charge >= 0.3 is 6.18 Å². The summed E-state index contributed by atoms with van der Waals surface area (Å²) in [4.78, 5) is 0. The van der Waals surface area contributed by atoms with E-state index >= 15 is 0 Å². The molecule has 1 saturated carbocycles. The van der Waals surface area contributed by atoms with Crippen molar-refractivity contribution in [2.45, 2.75) is 50.9 Å². The lowest BCUT2D eigenvalue weighted by Crippen LogP contribution is -2.39. The molecule has 0 amide bonds. The lowest BCUT2D eigenvalue weighted by atomic mass is 9.76. The van der Waals surface area contributed by atoms with Gasteiger partial charge in [0.2, 0.25) is 0 Å². The molecular weight excluding hydrogens is 245 g/mol. The summed E-state index contributed by atoms with van der Waals surface area (Å²) in [5.41, 5.74) is -0.899. The van der Waals surface area contributed by atoms with Crippen LogP contribution in [0, 0.1) is 5.92 Å². The summed E-state index contributed by atoms with van der Waals surface area (Å²) >= 11 is 0. The second-order valence-corrected chi connectivity index (χ2v) is 4.90. The van der Waals surface area contributed by atoms with E-state index in [2.05, 4.69) is 5.10 Å². The average molecular weight is 262 g/mol. The fraction of sp³-hybridized carbons (Fsp3) is 0.750. The molecule has 0 bridgehead atoms. The number of halogens is 3. The molecule has 3 nitrogen and oxygen atoms in total. The monoisotopic (exact) mass is 262 g/mol. The largest absolute Gasteiger partial charge is 0.391 e. The lowest BCUT2D eigenvalue weighted by Gasteiger charge is -2.37. The predicted octanol–water partition coefficient (Wildman–Crippen LogP) is 2.84. The van der Waals surface area contributed by atoms with Gasteiger partial charge in [-0.1, -0.05) is 0 Å². The summed E-state index contributed by atoms with van der Waals surface area (Å²) in [5, 5.41) is 14.5. The third kappa shape index (κ3) is 2.39. The minimum atomic E-state index is -4.23. The Balaban J connectivity index is 2.26. The Hall–Kier alpha value is -1.04. The summed E-state index contributed by atoms with van der Waals surface area (Å²) in [6.45, 7) is 2.39. The van der Waals surface area contributed by atoms with Crippen LogP contribution in [0.25, 0.3) is 0 Å². The van der Waals surface area contributed by atoms with Crippen LogP contribution in [0.15, 0.2) is 12.3 Å². The van der Waals surface area contributed by atoms with Crippen LogP contribution in [-0.4, -0.2) is 21.1 Å². The molecule has 1 N–H and O–H groups in total. The van der Waals surface area contributed by atoms with E-state index in [0.29, 0.717) is 25.1 Å². The van der Waals surface area contributed by atoms with Crippen LogP contribution in [0.5, 0.6) is 0 Å². The Bertz CT molecular complexity index is 416. The van der Waals surface area contributed by atoms with Crippen molar-refractivity contribution < 1.29 is 18.3 Å². The van der Waals surface area contributed by atoms with Crippen molar-refractivity contribution in [3.63, 3.8) is 0 Å². The molecule has 1 heterocycles. The van der Waals surface area contributed by atoms with Crippen molar-refractivity contribution in [3.8, 4) is 0 Å². The topological polar surface area (TPSA) is 38.0 Å². The van der Waals surface area contributed by atoms with Crippen LogP contribution >= 0.6 is 0 Å². The van der Waals surface area contributed by atoms with Crippen molar-refractivity contribution in [1.29, 1.82) is 0 Å². The van der Waals surface area contributed by atoms with E-state index < -0.39 is 17.7 Å². The molecule has 2 unspecified atom stereocenters. The first kappa shape index (κ1) is 13.4. The van der Waals surface area contributed by atoms with Crippen LogP contribution in [0.1, 0.15) is 38.3 Å². The minimum absolute atomic E-state index is 0.103. The zero-order valence-electron chi connectivity index (χ0n) is 10.2. The van der Waals surface area contributed by atoms with Gasteiger partial charge in [-0.2, -0.15) is 18.3 Å². The van der Waals surface area contributed by atoms with E-state index in [-0.39, 0.29) is 12.8 Å². The van der Waals surface area contributed by atoms with Gasteiger partial charge in [-0.3, -0.25) is 4.68 Å². The van der Waals surface area contributed by atoms with E-state index in [4.69, 9.17) is 0 Å². The molecule has 1 aliphatic carbocycles. The third-order valence-corrected chi connectivity index (χ3v) is 3.68. The van der Waals surface area contributed by atoms with Gasteiger partial charge in [-0.05, 0) is 38.7 Å². The molecule has 1 aliphatic rings. The summed E-state index contributed by atoms with van der Waals surface area (Å²) in [6.07, 6.45) is -2.12. The Labute approximate surface area is 104 Å². The van der Waals surface area contributed by atoms with Crippen molar-refractivity contribution in [2.75, 3.05) is 0 Å². The molecule has 0 aromatic carbocycles. The number of aryl methyl sites for hydroxylation is 1. The molecular formula is C12H17F3N2O. The van der Waals surface area contributed by atoms with E-state index in [0.717, 1.165) is 0 Å².